The third-order valence-corrected chi connectivity index (χ3v) is 4.53. The molecule has 2 aromatic heterocycles. The summed E-state index contributed by atoms with van der Waals surface area (Å²) in [4.78, 5) is 22.3. The van der Waals surface area contributed by atoms with Gasteiger partial charge >= 0.3 is 0 Å². The lowest BCUT2D eigenvalue weighted by atomic mass is 10.1. The van der Waals surface area contributed by atoms with Crippen LogP contribution in [0.1, 0.15) is 16.8 Å². The van der Waals surface area contributed by atoms with Gasteiger partial charge in [-0.3, -0.25) is 9.63 Å². The summed E-state index contributed by atoms with van der Waals surface area (Å²) < 4.78 is 24.0. The number of carbonyl (C=O) groups is 1. The average molecular weight is 379 g/mol. The summed E-state index contributed by atoms with van der Waals surface area (Å²) in [5.74, 6) is -0.209. The summed E-state index contributed by atoms with van der Waals surface area (Å²) in [6.07, 6.45) is 2.27. The fraction of sp³-hybridized carbons (Fsp3) is 0.150. The lowest BCUT2D eigenvalue weighted by molar-refractivity contribution is -0.0768. The van der Waals surface area contributed by atoms with Crippen molar-refractivity contribution in [1.82, 2.24) is 15.2 Å². The summed E-state index contributed by atoms with van der Waals surface area (Å²) in [5.41, 5.74) is 2.56. The Morgan fingerprint density at radius 1 is 1.14 bits per heavy atom. The Labute approximate surface area is 158 Å². The Balaban J connectivity index is 1.51. The highest BCUT2D eigenvalue weighted by Crippen LogP contribution is 2.31. The number of nitrogens with zero attached hydrogens (tertiary/aromatic N) is 3. The van der Waals surface area contributed by atoms with Gasteiger partial charge in [0.15, 0.2) is 5.58 Å². The van der Waals surface area contributed by atoms with Crippen molar-refractivity contribution in [3.05, 3.63) is 60.1 Å². The van der Waals surface area contributed by atoms with E-state index in [1.165, 1.54) is 23.5 Å². The van der Waals surface area contributed by atoms with Crippen molar-refractivity contribution in [1.29, 1.82) is 0 Å². The molecule has 0 radical (unpaired) electrons. The monoisotopic (exact) mass is 379 g/mol. The molecule has 0 saturated carbocycles. The minimum absolute atomic E-state index is 0.210. The topological polar surface area (TPSA) is 81.6 Å². The Morgan fingerprint density at radius 2 is 2.00 bits per heavy atom. The highest BCUT2D eigenvalue weighted by Gasteiger charge is 2.23. The van der Waals surface area contributed by atoms with Crippen LogP contribution in [0.25, 0.3) is 33.8 Å². The molecule has 1 amide bonds. The smallest absolute Gasteiger partial charge is 0.277 e. The van der Waals surface area contributed by atoms with Crippen LogP contribution in [0.2, 0.25) is 0 Å². The van der Waals surface area contributed by atoms with Crippen LogP contribution < -0.4 is 0 Å². The molecule has 3 heterocycles. The predicted molar refractivity (Wildman–Crippen MR) is 96.5 cm³/mol. The zero-order valence-corrected chi connectivity index (χ0v) is 14.6. The summed E-state index contributed by atoms with van der Waals surface area (Å²) >= 11 is 0. The normalized spacial score (nSPS) is 14.1. The number of fused-ring (bicyclic) bond motifs is 1. The van der Waals surface area contributed by atoms with Crippen LogP contribution in [0, 0.1) is 5.82 Å². The minimum atomic E-state index is -0.336. The van der Waals surface area contributed by atoms with E-state index in [1.807, 2.05) is 0 Å². The van der Waals surface area contributed by atoms with Crippen LogP contribution in [0.4, 0.5) is 4.39 Å². The van der Waals surface area contributed by atoms with E-state index in [1.54, 1.807) is 30.3 Å². The standard InChI is InChI=1S/C20H14FN3O4/c21-14-5-2-12(3-6-14)19-22-16(11-26-19)18-15-10-13(4-7-17(15)28-23-18)20(25)24-8-1-9-27-24/h2-7,10-11H,1,8-9H2. The lowest BCUT2D eigenvalue weighted by Crippen LogP contribution is -2.26. The van der Waals surface area contributed by atoms with Crippen LogP contribution in [0.3, 0.4) is 0 Å². The van der Waals surface area contributed by atoms with Gasteiger partial charge in [-0.1, -0.05) is 5.16 Å². The van der Waals surface area contributed by atoms with Gasteiger partial charge in [0.05, 0.1) is 18.5 Å². The van der Waals surface area contributed by atoms with Crippen molar-refractivity contribution in [2.45, 2.75) is 6.42 Å². The molecular formula is C20H14FN3O4. The van der Waals surface area contributed by atoms with Gasteiger partial charge in [-0.25, -0.2) is 14.4 Å². The molecule has 0 spiro atoms. The predicted octanol–water partition coefficient (Wildman–Crippen LogP) is 4.07. The summed E-state index contributed by atoms with van der Waals surface area (Å²) in [7, 11) is 0. The molecule has 0 bridgehead atoms. The molecule has 1 fully saturated rings. The molecule has 2 aromatic carbocycles. The van der Waals surface area contributed by atoms with Crippen molar-refractivity contribution in [2.75, 3.05) is 13.2 Å². The van der Waals surface area contributed by atoms with Crippen LogP contribution in [-0.2, 0) is 4.84 Å². The number of hydrogen-bond acceptors (Lipinski definition) is 6. The molecule has 1 aliphatic rings. The first kappa shape index (κ1) is 16.6. The fourth-order valence-electron chi connectivity index (χ4n) is 3.12. The van der Waals surface area contributed by atoms with Crippen LogP contribution in [0.5, 0.6) is 0 Å². The van der Waals surface area contributed by atoms with Crippen LogP contribution in [0.15, 0.2) is 57.7 Å². The number of hydrogen-bond donors (Lipinski definition) is 0. The molecule has 5 rings (SSSR count). The molecule has 0 N–H and O–H groups in total. The number of oxazole rings is 1. The van der Waals surface area contributed by atoms with Crippen molar-refractivity contribution >= 4 is 16.9 Å². The maximum Gasteiger partial charge on any atom is 0.277 e. The van der Waals surface area contributed by atoms with Crippen LogP contribution >= 0.6 is 0 Å². The minimum Gasteiger partial charge on any atom is -0.444 e. The van der Waals surface area contributed by atoms with Gasteiger partial charge < -0.3 is 8.94 Å². The number of hydroxylamine groups is 2. The van der Waals surface area contributed by atoms with Gasteiger partial charge in [0.25, 0.3) is 5.91 Å². The molecule has 7 nitrogen and oxygen atoms in total. The number of benzene rings is 2. The molecule has 1 saturated heterocycles. The first-order valence-corrected chi connectivity index (χ1v) is 8.75. The third kappa shape index (κ3) is 2.84. The Hall–Kier alpha value is -3.52. The van der Waals surface area contributed by atoms with E-state index < -0.39 is 0 Å². The SMILES string of the molecule is O=C(c1ccc2onc(-c3coc(-c4ccc(F)cc4)n3)c2c1)N1CCCO1. The van der Waals surface area contributed by atoms with E-state index in [0.29, 0.717) is 52.5 Å². The second kappa shape index (κ2) is 6.58. The molecule has 1 aliphatic heterocycles. The van der Waals surface area contributed by atoms with Gasteiger partial charge in [0.1, 0.15) is 23.5 Å². The molecular weight excluding hydrogens is 365 g/mol. The second-order valence-electron chi connectivity index (χ2n) is 6.38. The summed E-state index contributed by atoms with van der Waals surface area (Å²) in [6.45, 7) is 1.11. The summed E-state index contributed by atoms with van der Waals surface area (Å²) in [6, 6.07) is 10.9. The van der Waals surface area contributed by atoms with Gasteiger partial charge in [-0.15, -0.1) is 0 Å². The van der Waals surface area contributed by atoms with Gasteiger partial charge in [0.2, 0.25) is 5.89 Å². The zero-order valence-electron chi connectivity index (χ0n) is 14.6. The summed E-state index contributed by atoms with van der Waals surface area (Å²) in [5, 5.41) is 6.07. The van der Waals surface area contributed by atoms with Crippen LogP contribution in [-0.4, -0.2) is 34.3 Å². The lowest BCUT2D eigenvalue weighted by Gasteiger charge is -2.13. The Bertz CT molecular complexity index is 1160. The second-order valence-corrected chi connectivity index (χ2v) is 6.38. The van der Waals surface area contributed by atoms with Crippen molar-refractivity contribution in [2.24, 2.45) is 0 Å². The van der Waals surface area contributed by atoms with E-state index in [-0.39, 0.29) is 11.7 Å². The molecule has 28 heavy (non-hydrogen) atoms. The van der Waals surface area contributed by atoms with E-state index in [2.05, 4.69) is 10.1 Å². The zero-order chi connectivity index (χ0) is 19.1. The Morgan fingerprint density at radius 3 is 2.79 bits per heavy atom. The molecule has 0 unspecified atom stereocenters. The molecule has 4 aromatic rings. The first-order chi connectivity index (χ1) is 13.7. The molecule has 8 heteroatoms. The van der Waals surface area contributed by atoms with E-state index in [9.17, 15) is 9.18 Å². The number of rotatable bonds is 3. The first-order valence-electron chi connectivity index (χ1n) is 8.75. The largest absolute Gasteiger partial charge is 0.444 e. The Kier molecular flexibility index (Phi) is 3.91. The number of amides is 1. The van der Waals surface area contributed by atoms with Gasteiger partial charge in [0, 0.05) is 11.1 Å². The van der Waals surface area contributed by atoms with E-state index in [0.717, 1.165) is 6.42 Å². The van der Waals surface area contributed by atoms with Gasteiger partial charge in [-0.05, 0) is 48.9 Å². The van der Waals surface area contributed by atoms with Gasteiger partial charge in [-0.2, -0.15) is 0 Å². The number of aromatic nitrogens is 2. The highest BCUT2D eigenvalue weighted by atomic mass is 19.1. The quantitative estimate of drug-likeness (QED) is 0.534. The van der Waals surface area contributed by atoms with Crippen molar-refractivity contribution < 1.29 is 23.0 Å². The molecule has 140 valence electrons. The molecule has 0 aliphatic carbocycles. The van der Waals surface area contributed by atoms with E-state index >= 15 is 0 Å². The van der Waals surface area contributed by atoms with E-state index in [4.69, 9.17) is 13.8 Å². The van der Waals surface area contributed by atoms with Crippen molar-refractivity contribution in [3.8, 4) is 22.8 Å². The molecule has 0 atom stereocenters. The van der Waals surface area contributed by atoms with Crippen molar-refractivity contribution in [3.63, 3.8) is 0 Å². The number of halogens is 1. The number of carbonyl (C=O) groups excluding carboxylic acids is 1. The highest BCUT2D eigenvalue weighted by molar-refractivity contribution is 6.00. The average Bonchev–Trinajstić information content (AvgIpc) is 3.47. The third-order valence-electron chi connectivity index (χ3n) is 4.53. The fourth-order valence-corrected chi connectivity index (χ4v) is 3.12. The maximum atomic E-state index is 13.1. The maximum absolute atomic E-state index is 13.1.